The number of rotatable bonds is 7. The van der Waals surface area contributed by atoms with Gasteiger partial charge in [-0.2, -0.15) is 0 Å². The first-order valence-corrected chi connectivity index (χ1v) is 8.93. The van der Waals surface area contributed by atoms with Crippen molar-refractivity contribution in [3.05, 3.63) is 70.7 Å². The fourth-order valence-corrected chi connectivity index (χ4v) is 3.71. The minimum Gasteiger partial charge on any atom is -0.309 e. The Kier molecular flexibility index (Phi) is 6.43. The van der Waals surface area contributed by atoms with Gasteiger partial charge in [-0.25, -0.2) is 0 Å². The minimum absolute atomic E-state index is 0.129. The molecule has 0 aliphatic carbocycles. The van der Waals surface area contributed by atoms with Gasteiger partial charge in [-0.05, 0) is 29.8 Å². The van der Waals surface area contributed by atoms with E-state index in [9.17, 15) is 4.21 Å². The Balaban J connectivity index is 2.00. The fourth-order valence-electron chi connectivity index (χ4n) is 2.22. The van der Waals surface area contributed by atoms with E-state index in [2.05, 4.69) is 24.4 Å². The van der Waals surface area contributed by atoms with Gasteiger partial charge in [-0.1, -0.05) is 61.0 Å². The highest BCUT2D eigenvalue weighted by Crippen LogP contribution is 2.16. The molecule has 2 unspecified atom stereocenters. The molecule has 0 radical (unpaired) electrons. The molecule has 2 aromatic rings. The van der Waals surface area contributed by atoms with Crippen LogP contribution in [0.1, 0.15) is 24.1 Å². The van der Waals surface area contributed by atoms with Crippen molar-refractivity contribution < 1.29 is 4.21 Å². The average Bonchev–Trinajstić information content (AvgIpc) is 2.50. The molecule has 21 heavy (non-hydrogen) atoms. The van der Waals surface area contributed by atoms with Crippen LogP contribution in [-0.4, -0.2) is 16.5 Å². The molecule has 0 spiro atoms. The summed E-state index contributed by atoms with van der Waals surface area (Å²) in [6, 6.07) is 17.9. The summed E-state index contributed by atoms with van der Waals surface area (Å²) in [6.45, 7) is 2.93. The molecule has 0 fully saturated rings. The molecule has 0 aliphatic heterocycles. The summed E-state index contributed by atoms with van der Waals surface area (Å²) in [4.78, 5) is 0. The lowest BCUT2D eigenvalue weighted by atomic mass is 10.1. The van der Waals surface area contributed by atoms with Crippen molar-refractivity contribution in [2.75, 3.05) is 12.3 Å². The second-order valence-electron chi connectivity index (χ2n) is 4.90. The lowest BCUT2D eigenvalue weighted by Crippen LogP contribution is -2.26. The van der Waals surface area contributed by atoms with E-state index in [1.807, 2.05) is 42.5 Å². The summed E-state index contributed by atoms with van der Waals surface area (Å²) >= 11 is 5.87. The molecular formula is C17H20ClNOS. The van der Waals surface area contributed by atoms with E-state index in [-0.39, 0.29) is 6.04 Å². The summed E-state index contributed by atoms with van der Waals surface area (Å²) in [5, 5.41) is 4.12. The van der Waals surface area contributed by atoms with Crippen molar-refractivity contribution in [2.45, 2.75) is 18.7 Å². The third-order valence-electron chi connectivity index (χ3n) is 3.25. The van der Waals surface area contributed by atoms with E-state index in [4.69, 9.17) is 11.6 Å². The standard InChI is InChI=1S/C17H20ClNOS/c1-2-19-17(15-6-4-3-5-7-15)13-21(20)12-14-8-10-16(18)11-9-14/h3-11,17,19H,2,12-13H2,1H3. The molecule has 0 amide bonds. The van der Waals surface area contributed by atoms with Gasteiger partial charge in [0, 0.05) is 33.4 Å². The van der Waals surface area contributed by atoms with Gasteiger partial charge in [0.1, 0.15) is 0 Å². The Morgan fingerprint density at radius 2 is 1.76 bits per heavy atom. The Hall–Kier alpha value is -1.16. The van der Waals surface area contributed by atoms with Gasteiger partial charge in [-0.15, -0.1) is 0 Å². The molecule has 2 rings (SSSR count). The number of hydrogen-bond acceptors (Lipinski definition) is 2. The zero-order valence-electron chi connectivity index (χ0n) is 12.1. The summed E-state index contributed by atoms with van der Waals surface area (Å²) < 4.78 is 12.4. The van der Waals surface area contributed by atoms with Gasteiger partial charge in [0.25, 0.3) is 0 Å². The molecule has 0 bridgehead atoms. The number of hydrogen-bond donors (Lipinski definition) is 1. The third kappa shape index (κ3) is 5.27. The van der Waals surface area contributed by atoms with E-state index in [1.54, 1.807) is 0 Å². The summed E-state index contributed by atoms with van der Waals surface area (Å²) in [6.07, 6.45) is 0. The Labute approximate surface area is 134 Å². The first-order chi connectivity index (χ1) is 10.2. The maximum Gasteiger partial charge on any atom is 0.0486 e. The van der Waals surface area contributed by atoms with Gasteiger partial charge in [-0.3, -0.25) is 4.21 Å². The molecule has 0 heterocycles. The Morgan fingerprint density at radius 1 is 1.10 bits per heavy atom. The highest BCUT2D eigenvalue weighted by atomic mass is 35.5. The van der Waals surface area contributed by atoms with Gasteiger partial charge < -0.3 is 5.32 Å². The first-order valence-electron chi connectivity index (χ1n) is 7.06. The maximum absolute atomic E-state index is 12.4. The Bertz CT molecular complexity index is 571. The van der Waals surface area contributed by atoms with Crippen molar-refractivity contribution >= 4 is 22.4 Å². The summed E-state index contributed by atoms with van der Waals surface area (Å²) in [5.74, 6) is 1.17. The number of benzene rings is 2. The maximum atomic E-state index is 12.4. The van der Waals surface area contributed by atoms with Crippen LogP contribution in [0.5, 0.6) is 0 Å². The zero-order chi connectivity index (χ0) is 15.1. The molecule has 2 atom stereocenters. The van der Waals surface area contributed by atoms with Crippen LogP contribution in [-0.2, 0) is 16.6 Å². The van der Waals surface area contributed by atoms with Crippen LogP contribution in [0, 0.1) is 0 Å². The molecule has 0 aromatic heterocycles. The van der Waals surface area contributed by atoms with E-state index < -0.39 is 10.8 Å². The second-order valence-corrected chi connectivity index (χ2v) is 6.84. The van der Waals surface area contributed by atoms with E-state index in [0.717, 1.165) is 12.1 Å². The van der Waals surface area contributed by atoms with E-state index >= 15 is 0 Å². The van der Waals surface area contributed by atoms with Crippen LogP contribution in [0.25, 0.3) is 0 Å². The van der Waals surface area contributed by atoms with Crippen LogP contribution in [0.15, 0.2) is 54.6 Å². The molecule has 112 valence electrons. The predicted octanol–water partition coefficient (Wildman–Crippen LogP) is 3.94. The van der Waals surface area contributed by atoms with Gasteiger partial charge in [0.05, 0.1) is 0 Å². The molecule has 0 aliphatic rings. The third-order valence-corrected chi connectivity index (χ3v) is 4.86. The quantitative estimate of drug-likeness (QED) is 0.837. The highest BCUT2D eigenvalue weighted by Gasteiger charge is 2.14. The smallest absolute Gasteiger partial charge is 0.0486 e. The monoisotopic (exact) mass is 321 g/mol. The van der Waals surface area contributed by atoms with Crippen LogP contribution in [0.4, 0.5) is 0 Å². The largest absolute Gasteiger partial charge is 0.309 e. The molecule has 2 nitrogen and oxygen atoms in total. The summed E-state index contributed by atoms with van der Waals surface area (Å²) in [5.41, 5.74) is 2.24. The molecule has 4 heteroatoms. The van der Waals surface area contributed by atoms with Crippen molar-refractivity contribution in [3.63, 3.8) is 0 Å². The number of halogens is 1. The summed E-state index contributed by atoms with van der Waals surface area (Å²) in [7, 11) is -0.915. The van der Waals surface area contributed by atoms with Crippen molar-refractivity contribution in [1.82, 2.24) is 5.32 Å². The van der Waals surface area contributed by atoms with Crippen molar-refractivity contribution in [3.8, 4) is 0 Å². The molecule has 0 saturated heterocycles. The van der Waals surface area contributed by atoms with Gasteiger partial charge in [0.15, 0.2) is 0 Å². The second kappa shape index (κ2) is 8.32. The van der Waals surface area contributed by atoms with Gasteiger partial charge in [0.2, 0.25) is 0 Å². The molecular weight excluding hydrogens is 302 g/mol. The average molecular weight is 322 g/mol. The van der Waals surface area contributed by atoms with E-state index in [1.165, 1.54) is 5.56 Å². The molecule has 1 N–H and O–H groups in total. The lowest BCUT2D eigenvalue weighted by Gasteiger charge is -2.18. The molecule has 2 aromatic carbocycles. The molecule has 0 saturated carbocycles. The van der Waals surface area contributed by atoms with Crippen LogP contribution < -0.4 is 5.32 Å². The lowest BCUT2D eigenvalue weighted by molar-refractivity contribution is 0.594. The zero-order valence-corrected chi connectivity index (χ0v) is 13.7. The normalized spacial score (nSPS) is 13.8. The van der Waals surface area contributed by atoms with E-state index in [0.29, 0.717) is 16.5 Å². The van der Waals surface area contributed by atoms with Crippen LogP contribution >= 0.6 is 11.6 Å². The van der Waals surface area contributed by atoms with Crippen molar-refractivity contribution in [2.24, 2.45) is 0 Å². The number of nitrogens with one attached hydrogen (secondary N) is 1. The van der Waals surface area contributed by atoms with Gasteiger partial charge >= 0.3 is 0 Å². The topological polar surface area (TPSA) is 29.1 Å². The fraction of sp³-hybridized carbons (Fsp3) is 0.294. The Morgan fingerprint density at radius 3 is 2.38 bits per heavy atom. The van der Waals surface area contributed by atoms with Crippen molar-refractivity contribution in [1.29, 1.82) is 0 Å². The first kappa shape index (κ1) is 16.2. The predicted molar refractivity (Wildman–Crippen MR) is 91.0 cm³/mol. The minimum atomic E-state index is -0.915. The SMILES string of the molecule is CCNC(CS(=O)Cc1ccc(Cl)cc1)c1ccccc1. The van der Waals surface area contributed by atoms with Crippen LogP contribution in [0.3, 0.4) is 0 Å². The highest BCUT2D eigenvalue weighted by molar-refractivity contribution is 7.84. The van der Waals surface area contributed by atoms with Crippen LogP contribution in [0.2, 0.25) is 5.02 Å².